The van der Waals surface area contributed by atoms with Gasteiger partial charge in [0.25, 0.3) is 17.3 Å². The summed E-state index contributed by atoms with van der Waals surface area (Å²) in [6, 6.07) is 11.0. The lowest BCUT2D eigenvalue weighted by Crippen LogP contribution is -2.26. The van der Waals surface area contributed by atoms with E-state index in [2.05, 4.69) is 15.8 Å². The summed E-state index contributed by atoms with van der Waals surface area (Å²) < 4.78 is 0. The summed E-state index contributed by atoms with van der Waals surface area (Å²) in [6.45, 7) is 0.234. The number of nitrogens with zero attached hydrogens (tertiary/aromatic N) is 3. The number of rotatable bonds is 9. The minimum Gasteiger partial charge on any atom is -0.352 e. The van der Waals surface area contributed by atoms with Crippen LogP contribution in [0, 0.1) is 20.2 Å². The molecule has 0 spiro atoms. The predicted molar refractivity (Wildman–Crippen MR) is 103 cm³/mol. The van der Waals surface area contributed by atoms with Crippen LogP contribution in [0.1, 0.15) is 28.8 Å². The average Bonchev–Trinajstić information content (AvgIpc) is 2.71. The Labute approximate surface area is 164 Å². The van der Waals surface area contributed by atoms with Crippen molar-refractivity contribution >= 4 is 29.4 Å². The van der Waals surface area contributed by atoms with E-state index in [0.717, 1.165) is 0 Å². The van der Waals surface area contributed by atoms with Gasteiger partial charge in [0.15, 0.2) is 0 Å². The lowest BCUT2D eigenvalue weighted by atomic mass is 10.2. The lowest BCUT2D eigenvalue weighted by Gasteiger charge is -2.05. The molecule has 11 heteroatoms. The number of hydrogen-bond acceptors (Lipinski definition) is 7. The second-order valence-corrected chi connectivity index (χ2v) is 5.81. The predicted octanol–water partition coefficient (Wildman–Crippen LogP) is 2.16. The third-order valence-corrected chi connectivity index (χ3v) is 3.69. The zero-order chi connectivity index (χ0) is 21.2. The Morgan fingerprint density at radius 2 is 1.69 bits per heavy atom. The zero-order valence-electron chi connectivity index (χ0n) is 15.1. The molecule has 0 bridgehead atoms. The molecule has 2 aromatic carbocycles. The van der Waals surface area contributed by atoms with Crippen LogP contribution in [-0.2, 0) is 4.79 Å². The molecule has 0 radical (unpaired) electrons. The zero-order valence-corrected chi connectivity index (χ0v) is 15.1. The van der Waals surface area contributed by atoms with Gasteiger partial charge < -0.3 is 5.32 Å². The van der Waals surface area contributed by atoms with Crippen molar-refractivity contribution in [3.63, 3.8) is 0 Å². The quantitative estimate of drug-likeness (QED) is 0.285. The maximum absolute atomic E-state index is 11.9. The van der Waals surface area contributed by atoms with E-state index in [1.807, 2.05) is 0 Å². The van der Waals surface area contributed by atoms with E-state index in [4.69, 9.17) is 0 Å². The molecule has 0 saturated heterocycles. The minimum atomic E-state index is -0.554. The van der Waals surface area contributed by atoms with Crippen LogP contribution in [0.3, 0.4) is 0 Å². The summed E-state index contributed by atoms with van der Waals surface area (Å²) in [5.41, 5.74) is 2.86. The van der Waals surface area contributed by atoms with E-state index < -0.39 is 15.8 Å². The van der Waals surface area contributed by atoms with Crippen molar-refractivity contribution in [1.29, 1.82) is 0 Å². The fourth-order valence-corrected chi connectivity index (χ4v) is 2.24. The van der Waals surface area contributed by atoms with Gasteiger partial charge >= 0.3 is 0 Å². The smallest absolute Gasteiger partial charge is 0.270 e. The first kappa shape index (κ1) is 21.2. The first-order chi connectivity index (χ1) is 13.9. The van der Waals surface area contributed by atoms with Crippen LogP contribution in [0.5, 0.6) is 0 Å². The first-order valence-electron chi connectivity index (χ1n) is 8.46. The molecule has 0 fully saturated rings. The maximum atomic E-state index is 11.9. The third kappa shape index (κ3) is 6.82. The van der Waals surface area contributed by atoms with Crippen LogP contribution in [0.2, 0.25) is 0 Å². The highest BCUT2D eigenvalue weighted by atomic mass is 16.6. The molecule has 150 valence electrons. The Hall–Kier alpha value is -4.15. The SMILES string of the molecule is O=C(CCCNC(=O)c1ccc([N+](=O)[O-])cc1)NN=Cc1cccc([N+](=O)[O-])c1. The molecule has 0 heterocycles. The summed E-state index contributed by atoms with van der Waals surface area (Å²) in [4.78, 5) is 43.8. The largest absolute Gasteiger partial charge is 0.352 e. The highest BCUT2D eigenvalue weighted by Gasteiger charge is 2.09. The van der Waals surface area contributed by atoms with E-state index in [9.17, 15) is 29.8 Å². The Morgan fingerprint density at radius 3 is 2.34 bits per heavy atom. The number of hydrogen-bond donors (Lipinski definition) is 2. The van der Waals surface area contributed by atoms with Crippen LogP contribution in [0.4, 0.5) is 11.4 Å². The molecular formula is C18H17N5O6. The Balaban J connectivity index is 1.70. The molecule has 0 aliphatic heterocycles. The van der Waals surface area contributed by atoms with Gasteiger partial charge in [0, 0.05) is 48.4 Å². The average molecular weight is 399 g/mol. The van der Waals surface area contributed by atoms with Crippen molar-refractivity contribution in [2.75, 3.05) is 6.54 Å². The second kappa shape index (κ2) is 10.3. The summed E-state index contributed by atoms with van der Waals surface area (Å²) in [6.07, 6.45) is 1.75. The molecule has 0 atom stereocenters. The summed E-state index contributed by atoms with van der Waals surface area (Å²) in [5.74, 6) is -0.778. The topological polar surface area (TPSA) is 157 Å². The standard InChI is InChI=1S/C18H17N5O6/c24-17(21-20-12-13-3-1-4-16(11-13)23(28)29)5-2-10-19-18(25)14-6-8-15(9-7-14)22(26)27/h1,3-4,6-9,11-12H,2,5,10H2,(H,19,25)(H,21,24). The van der Waals surface area contributed by atoms with E-state index in [1.54, 1.807) is 6.07 Å². The first-order valence-corrected chi connectivity index (χ1v) is 8.46. The number of amides is 2. The molecule has 2 aromatic rings. The number of hydrazone groups is 1. The fraction of sp³-hybridized carbons (Fsp3) is 0.167. The molecule has 11 nitrogen and oxygen atoms in total. The van der Waals surface area contributed by atoms with E-state index in [0.29, 0.717) is 12.0 Å². The molecule has 0 aliphatic carbocycles. The minimum absolute atomic E-state index is 0.0796. The highest BCUT2D eigenvalue weighted by Crippen LogP contribution is 2.12. The monoisotopic (exact) mass is 399 g/mol. The van der Waals surface area contributed by atoms with Gasteiger partial charge in [-0.15, -0.1) is 0 Å². The molecule has 29 heavy (non-hydrogen) atoms. The van der Waals surface area contributed by atoms with E-state index in [1.165, 1.54) is 48.7 Å². The van der Waals surface area contributed by atoms with Gasteiger partial charge in [-0.1, -0.05) is 12.1 Å². The van der Waals surface area contributed by atoms with Crippen LogP contribution < -0.4 is 10.7 Å². The summed E-state index contributed by atoms with van der Waals surface area (Å²) in [7, 11) is 0. The Bertz CT molecular complexity index is 942. The Morgan fingerprint density at radius 1 is 1.00 bits per heavy atom. The van der Waals surface area contributed by atoms with Crippen molar-refractivity contribution in [2.24, 2.45) is 5.10 Å². The van der Waals surface area contributed by atoms with E-state index in [-0.39, 0.29) is 35.8 Å². The second-order valence-electron chi connectivity index (χ2n) is 5.81. The number of carbonyl (C=O) groups is 2. The van der Waals surface area contributed by atoms with Crippen LogP contribution in [0.25, 0.3) is 0 Å². The summed E-state index contributed by atoms with van der Waals surface area (Å²) >= 11 is 0. The molecular weight excluding hydrogens is 382 g/mol. The van der Waals surface area contributed by atoms with Gasteiger partial charge in [0.2, 0.25) is 5.91 Å². The van der Waals surface area contributed by atoms with Gasteiger partial charge in [0.05, 0.1) is 16.1 Å². The number of carbonyl (C=O) groups excluding carboxylic acids is 2. The lowest BCUT2D eigenvalue weighted by molar-refractivity contribution is -0.385. The number of nitro benzene ring substituents is 2. The van der Waals surface area contributed by atoms with Gasteiger partial charge in [-0.25, -0.2) is 5.43 Å². The molecule has 2 N–H and O–H groups in total. The molecule has 0 unspecified atom stereocenters. The summed E-state index contributed by atoms with van der Waals surface area (Å²) in [5, 5.41) is 27.6. The van der Waals surface area contributed by atoms with Gasteiger partial charge in [-0.3, -0.25) is 29.8 Å². The molecule has 2 amide bonds. The van der Waals surface area contributed by atoms with Gasteiger partial charge in [0.1, 0.15) is 0 Å². The van der Waals surface area contributed by atoms with Crippen LogP contribution in [-0.4, -0.2) is 34.4 Å². The van der Waals surface area contributed by atoms with Crippen molar-refractivity contribution in [3.05, 3.63) is 79.9 Å². The van der Waals surface area contributed by atoms with Gasteiger partial charge in [-0.05, 0) is 18.6 Å². The molecule has 0 aliphatic rings. The number of benzene rings is 2. The highest BCUT2D eigenvalue weighted by molar-refractivity contribution is 5.94. The van der Waals surface area contributed by atoms with Crippen molar-refractivity contribution in [2.45, 2.75) is 12.8 Å². The van der Waals surface area contributed by atoms with Crippen LogP contribution in [0.15, 0.2) is 53.6 Å². The normalized spacial score (nSPS) is 10.5. The van der Waals surface area contributed by atoms with E-state index >= 15 is 0 Å². The van der Waals surface area contributed by atoms with Crippen LogP contribution >= 0.6 is 0 Å². The molecule has 0 saturated carbocycles. The Kier molecular flexibility index (Phi) is 7.48. The third-order valence-electron chi connectivity index (χ3n) is 3.69. The van der Waals surface area contributed by atoms with Crippen molar-refractivity contribution in [1.82, 2.24) is 10.7 Å². The molecule has 0 aromatic heterocycles. The number of nitro groups is 2. The van der Waals surface area contributed by atoms with Gasteiger partial charge in [-0.2, -0.15) is 5.10 Å². The molecule has 2 rings (SSSR count). The number of nitrogens with one attached hydrogen (secondary N) is 2. The van der Waals surface area contributed by atoms with Crippen molar-refractivity contribution < 1.29 is 19.4 Å². The number of non-ortho nitro benzene ring substituents is 2. The maximum Gasteiger partial charge on any atom is 0.270 e. The fourth-order valence-electron chi connectivity index (χ4n) is 2.24. The van der Waals surface area contributed by atoms with Crippen molar-refractivity contribution in [3.8, 4) is 0 Å².